The van der Waals surface area contributed by atoms with Gasteiger partial charge in [0.25, 0.3) is 5.91 Å². The summed E-state index contributed by atoms with van der Waals surface area (Å²) in [6.45, 7) is 10.8. The number of carbonyl (C=O) groups excluding carboxylic acids is 1. The van der Waals surface area contributed by atoms with Gasteiger partial charge in [-0.1, -0.05) is 36.8 Å². The van der Waals surface area contributed by atoms with Crippen molar-refractivity contribution in [1.29, 1.82) is 0 Å². The van der Waals surface area contributed by atoms with Gasteiger partial charge in [-0.15, -0.1) is 0 Å². The van der Waals surface area contributed by atoms with Crippen molar-refractivity contribution in [3.63, 3.8) is 0 Å². The summed E-state index contributed by atoms with van der Waals surface area (Å²) in [6.07, 6.45) is 0.147. The molecular weight excluding hydrogens is 324 g/mol. The summed E-state index contributed by atoms with van der Waals surface area (Å²) in [7, 11) is 0. The highest BCUT2D eigenvalue weighted by molar-refractivity contribution is 5.81. The Bertz CT molecular complexity index is 676. The van der Waals surface area contributed by atoms with Gasteiger partial charge in [-0.05, 0) is 57.0 Å². The first kappa shape index (κ1) is 19.8. The zero-order chi connectivity index (χ0) is 18.9. The van der Waals surface area contributed by atoms with Crippen molar-refractivity contribution < 1.29 is 9.53 Å². The van der Waals surface area contributed by atoms with Crippen LogP contribution in [-0.4, -0.2) is 25.1 Å². The van der Waals surface area contributed by atoms with E-state index in [1.165, 1.54) is 11.3 Å². The van der Waals surface area contributed by atoms with Crippen LogP contribution < -0.4 is 15.0 Å². The molecule has 0 bridgehead atoms. The van der Waals surface area contributed by atoms with Crippen molar-refractivity contribution in [2.45, 2.75) is 46.8 Å². The summed E-state index contributed by atoms with van der Waals surface area (Å²) in [5.74, 6) is 0.641. The molecule has 0 spiro atoms. The fourth-order valence-corrected chi connectivity index (χ4v) is 2.82. The zero-order valence-electron chi connectivity index (χ0n) is 16.3. The molecule has 0 saturated carbocycles. The maximum atomic E-state index is 12.4. The third-order valence-corrected chi connectivity index (χ3v) is 4.49. The first-order valence-electron chi connectivity index (χ1n) is 9.42. The van der Waals surface area contributed by atoms with Crippen molar-refractivity contribution >= 4 is 11.6 Å². The molecule has 1 unspecified atom stereocenters. The topological polar surface area (TPSA) is 41.6 Å². The standard InChI is InChI=1S/C22H30N2O2/c1-5-21(26-20-14-8-17(4)9-15-20)22(25)23-16-18-10-12-19(13-11-18)24(6-2)7-3/h8-15,21H,5-7,16H2,1-4H3,(H,23,25). The Morgan fingerprint density at radius 2 is 1.62 bits per heavy atom. The highest BCUT2D eigenvalue weighted by Gasteiger charge is 2.18. The maximum absolute atomic E-state index is 12.4. The number of anilines is 1. The summed E-state index contributed by atoms with van der Waals surface area (Å²) < 4.78 is 5.83. The molecule has 0 aliphatic heterocycles. The van der Waals surface area contributed by atoms with Crippen LogP contribution in [0.3, 0.4) is 0 Å². The Kier molecular flexibility index (Phi) is 7.52. The van der Waals surface area contributed by atoms with Gasteiger partial charge in [0, 0.05) is 25.3 Å². The van der Waals surface area contributed by atoms with E-state index in [2.05, 4.69) is 48.3 Å². The van der Waals surface area contributed by atoms with Gasteiger partial charge in [0.15, 0.2) is 6.10 Å². The van der Waals surface area contributed by atoms with Gasteiger partial charge in [-0.3, -0.25) is 4.79 Å². The summed E-state index contributed by atoms with van der Waals surface area (Å²) >= 11 is 0. The number of carbonyl (C=O) groups is 1. The average Bonchev–Trinajstić information content (AvgIpc) is 2.67. The van der Waals surface area contributed by atoms with Gasteiger partial charge in [0.05, 0.1) is 0 Å². The Balaban J connectivity index is 1.90. The van der Waals surface area contributed by atoms with Crippen LogP contribution in [0.1, 0.15) is 38.3 Å². The van der Waals surface area contributed by atoms with Crippen molar-refractivity contribution in [1.82, 2.24) is 5.32 Å². The number of aryl methyl sites for hydroxylation is 1. The predicted molar refractivity (Wildman–Crippen MR) is 108 cm³/mol. The molecule has 0 aliphatic carbocycles. The lowest BCUT2D eigenvalue weighted by Gasteiger charge is -2.21. The fourth-order valence-electron chi connectivity index (χ4n) is 2.82. The largest absolute Gasteiger partial charge is 0.481 e. The molecule has 2 rings (SSSR count). The molecule has 0 saturated heterocycles. The molecule has 0 heterocycles. The number of amides is 1. The van der Waals surface area contributed by atoms with Gasteiger partial charge < -0.3 is 15.0 Å². The number of rotatable bonds is 9. The molecule has 140 valence electrons. The molecule has 1 atom stereocenters. The zero-order valence-corrected chi connectivity index (χ0v) is 16.3. The van der Waals surface area contributed by atoms with Crippen LogP contribution in [0.15, 0.2) is 48.5 Å². The molecule has 1 N–H and O–H groups in total. The first-order valence-corrected chi connectivity index (χ1v) is 9.42. The SMILES string of the molecule is CCC(Oc1ccc(C)cc1)C(=O)NCc1ccc(N(CC)CC)cc1. The molecule has 4 nitrogen and oxygen atoms in total. The van der Waals surface area contributed by atoms with Crippen LogP contribution in [0.5, 0.6) is 5.75 Å². The second-order valence-electron chi connectivity index (χ2n) is 6.38. The van der Waals surface area contributed by atoms with Crippen molar-refractivity contribution in [3.8, 4) is 5.75 Å². The van der Waals surface area contributed by atoms with E-state index in [0.717, 1.165) is 24.4 Å². The second kappa shape index (κ2) is 9.85. The fraction of sp³-hybridized carbons (Fsp3) is 0.409. The monoisotopic (exact) mass is 354 g/mol. The number of hydrogen-bond acceptors (Lipinski definition) is 3. The molecule has 0 aromatic heterocycles. The van der Waals surface area contributed by atoms with Crippen LogP contribution >= 0.6 is 0 Å². The predicted octanol–water partition coefficient (Wildman–Crippen LogP) is 4.32. The Labute approximate surface area is 157 Å². The van der Waals surface area contributed by atoms with E-state index in [-0.39, 0.29) is 5.91 Å². The third kappa shape index (κ3) is 5.51. The molecular formula is C22H30N2O2. The molecule has 2 aromatic carbocycles. The van der Waals surface area contributed by atoms with Crippen molar-refractivity contribution in [3.05, 3.63) is 59.7 Å². The minimum absolute atomic E-state index is 0.0825. The molecule has 1 amide bonds. The summed E-state index contributed by atoms with van der Waals surface area (Å²) in [5.41, 5.74) is 3.46. The summed E-state index contributed by atoms with van der Waals surface area (Å²) in [6, 6.07) is 16.1. The number of nitrogens with zero attached hydrogens (tertiary/aromatic N) is 1. The van der Waals surface area contributed by atoms with E-state index in [4.69, 9.17) is 4.74 Å². The van der Waals surface area contributed by atoms with Crippen LogP contribution in [0, 0.1) is 6.92 Å². The minimum Gasteiger partial charge on any atom is -0.481 e. The second-order valence-corrected chi connectivity index (χ2v) is 6.38. The highest BCUT2D eigenvalue weighted by Crippen LogP contribution is 2.16. The smallest absolute Gasteiger partial charge is 0.261 e. The molecule has 0 radical (unpaired) electrons. The lowest BCUT2D eigenvalue weighted by Crippen LogP contribution is -2.37. The van der Waals surface area contributed by atoms with E-state index >= 15 is 0 Å². The van der Waals surface area contributed by atoms with E-state index in [1.807, 2.05) is 38.1 Å². The lowest BCUT2D eigenvalue weighted by molar-refractivity contribution is -0.128. The van der Waals surface area contributed by atoms with Crippen LogP contribution in [-0.2, 0) is 11.3 Å². The van der Waals surface area contributed by atoms with E-state index in [9.17, 15) is 4.79 Å². The van der Waals surface area contributed by atoms with Gasteiger partial charge >= 0.3 is 0 Å². The summed E-state index contributed by atoms with van der Waals surface area (Å²) in [4.78, 5) is 14.7. The van der Waals surface area contributed by atoms with Crippen molar-refractivity contribution in [2.75, 3.05) is 18.0 Å². The third-order valence-electron chi connectivity index (χ3n) is 4.49. The Hall–Kier alpha value is -2.49. The molecule has 26 heavy (non-hydrogen) atoms. The van der Waals surface area contributed by atoms with Crippen LogP contribution in [0.2, 0.25) is 0 Å². The molecule has 4 heteroatoms. The minimum atomic E-state index is -0.479. The average molecular weight is 354 g/mol. The first-order chi connectivity index (χ1) is 12.6. The summed E-state index contributed by atoms with van der Waals surface area (Å²) in [5, 5.41) is 2.98. The normalized spacial score (nSPS) is 11.7. The number of hydrogen-bond donors (Lipinski definition) is 1. The van der Waals surface area contributed by atoms with E-state index in [1.54, 1.807) is 0 Å². The lowest BCUT2D eigenvalue weighted by atomic mass is 10.1. The number of ether oxygens (including phenoxy) is 1. The molecule has 0 aliphatic rings. The molecule has 2 aromatic rings. The number of nitrogens with one attached hydrogen (secondary N) is 1. The Morgan fingerprint density at radius 1 is 1.00 bits per heavy atom. The van der Waals surface area contributed by atoms with Crippen LogP contribution in [0.25, 0.3) is 0 Å². The van der Waals surface area contributed by atoms with Crippen LogP contribution in [0.4, 0.5) is 5.69 Å². The van der Waals surface area contributed by atoms with Crippen molar-refractivity contribution in [2.24, 2.45) is 0 Å². The maximum Gasteiger partial charge on any atom is 0.261 e. The van der Waals surface area contributed by atoms with Gasteiger partial charge in [-0.25, -0.2) is 0 Å². The number of benzene rings is 2. The van der Waals surface area contributed by atoms with E-state index < -0.39 is 6.10 Å². The molecule has 0 fully saturated rings. The Morgan fingerprint density at radius 3 is 2.15 bits per heavy atom. The van der Waals surface area contributed by atoms with E-state index in [0.29, 0.717) is 13.0 Å². The van der Waals surface area contributed by atoms with Gasteiger partial charge in [-0.2, -0.15) is 0 Å². The highest BCUT2D eigenvalue weighted by atomic mass is 16.5. The quantitative estimate of drug-likeness (QED) is 0.729. The van der Waals surface area contributed by atoms with Gasteiger partial charge in [0.2, 0.25) is 0 Å². The van der Waals surface area contributed by atoms with Gasteiger partial charge in [0.1, 0.15) is 5.75 Å².